The SMILES string of the molecule is CCn1ccnc(NCCCC(C)N)c1=O. The van der Waals surface area contributed by atoms with Crippen molar-refractivity contribution in [2.24, 2.45) is 5.73 Å². The van der Waals surface area contributed by atoms with E-state index in [1.54, 1.807) is 17.0 Å². The maximum Gasteiger partial charge on any atom is 0.293 e. The van der Waals surface area contributed by atoms with E-state index in [4.69, 9.17) is 5.73 Å². The van der Waals surface area contributed by atoms with Crippen molar-refractivity contribution in [3.63, 3.8) is 0 Å². The van der Waals surface area contributed by atoms with Crippen LogP contribution in [0.25, 0.3) is 0 Å². The molecule has 1 aromatic rings. The van der Waals surface area contributed by atoms with Crippen LogP contribution < -0.4 is 16.6 Å². The first-order valence-corrected chi connectivity index (χ1v) is 5.70. The minimum atomic E-state index is -0.0641. The molecule has 0 aliphatic carbocycles. The Labute approximate surface area is 95.7 Å². The number of aryl methyl sites for hydroxylation is 1. The molecule has 0 aliphatic rings. The van der Waals surface area contributed by atoms with E-state index < -0.39 is 0 Å². The van der Waals surface area contributed by atoms with Gasteiger partial charge in [0.15, 0.2) is 5.82 Å². The van der Waals surface area contributed by atoms with Crippen LogP contribution in [-0.4, -0.2) is 22.1 Å². The van der Waals surface area contributed by atoms with Gasteiger partial charge >= 0.3 is 0 Å². The summed E-state index contributed by atoms with van der Waals surface area (Å²) in [7, 11) is 0. The third kappa shape index (κ3) is 3.66. The predicted molar refractivity (Wildman–Crippen MR) is 65.5 cm³/mol. The topological polar surface area (TPSA) is 72.9 Å². The zero-order chi connectivity index (χ0) is 12.0. The zero-order valence-electron chi connectivity index (χ0n) is 9.94. The second-order valence-corrected chi connectivity index (χ2v) is 3.91. The molecule has 0 saturated carbocycles. The van der Waals surface area contributed by atoms with Crippen molar-refractivity contribution in [3.05, 3.63) is 22.7 Å². The Kier molecular flexibility index (Phi) is 4.98. The fourth-order valence-corrected chi connectivity index (χ4v) is 1.45. The van der Waals surface area contributed by atoms with Gasteiger partial charge in [-0.25, -0.2) is 4.98 Å². The lowest BCUT2D eigenvalue weighted by atomic mass is 10.2. The minimum Gasteiger partial charge on any atom is -0.365 e. The Hall–Kier alpha value is -1.36. The fraction of sp³-hybridized carbons (Fsp3) is 0.636. The first-order chi connectivity index (χ1) is 7.65. The molecule has 5 heteroatoms. The van der Waals surface area contributed by atoms with Crippen molar-refractivity contribution in [3.8, 4) is 0 Å². The van der Waals surface area contributed by atoms with Crippen LogP contribution in [0.1, 0.15) is 26.7 Å². The third-order valence-corrected chi connectivity index (χ3v) is 2.38. The molecule has 0 fully saturated rings. The van der Waals surface area contributed by atoms with Gasteiger partial charge in [0.1, 0.15) is 0 Å². The van der Waals surface area contributed by atoms with E-state index >= 15 is 0 Å². The molecular weight excluding hydrogens is 204 g/mol. The van der Waals surface area contributed by atoms with Gasteiger partial charge in [-0.1, -0.05) is 0 Å². The molecule has 0 saturated heterocycles. The summed E-state index contributed by atoms with van der Waals surface area (Å²) in [6.07, 6.45) is 5.22. The first-order valence-electron chi connectivity index (χ1n) is 5.70. The predicted octanol–water partition coefficient (Wildman–Crippen LogP) is 0.802. The molecule has 1 unspecified atom stereocenters. The van der Waals surface area contributed by atoms with Crippen LogP contribution in [0.3, 0.4) is 0 Å². The van der Waals surface area contributed by atoms with Gasteiger partial charge in [0.05, 0.1) is 0 Å². The van der Waals surface area contributed by atoms with Crippen molar-refractivity contribution >= 4 is 5.82 Å². The molecule has 0 spiro atoms. The third-order valence-electron chi connectivity index (χ3n) is 2.38. The molecule has 0 bridgehead atoms. The largest absolute Gasteiger partial charge is 0.365 e. The summed E-state index contributed by atoms with van der Waals surface area (Å²) in [5.41, 5.74) is 5.57. The van der Waals surface area contributed by atoms with Crippen LogP contribution in [0.15, 0.2) is 17.2 Å². The van der Waals surface area contributed by atoms with Crippen LogP contribution in [0.4, 0.5) is 5.82 Å². The van der Waals surface area contributed by atoms with Crippen LogP contribution in [0.5, 0.6) is 0 Å². The number of rotatable bonds is 6. The lowest BCUT2D eigenvalue weighted by molar-refractivity contribution is 0.637. The summed E-state index contributed by atoms with van der Waals surface area (Å²) < 4.78 is 1.63. The number of anilines is 1. The average molecular weight is 224 g/mol. The number of hydrogen-bond acceptors (Lipinski definition) is 4. The van der Waals surface area contributed by atoms with Gasteiger partial charge in [-0.15, -0.1) is 0 Å². The molecule has 0 amide bonds. The van der Waals surface area contributed by atoms with E-state index in [1.165, 1.54) is 0 Å². The molecule has 0 aliphatic heterocycles. The van der Waals surface area contributed by atoms with Crippen LogP contribution >= 0.6 is 0 Å². The number of hydrogen-bond donors (Lipinski definition) is 2. The Morgan fingerprint density at radius 3 is 3.00 bits per heavy atom. The second kappa shape index (κ2) is 6.27. The van der Waals surface area contributed by atoms with Gasteiger partial charge in [0.2, 0.25) is 0 Å². The van der Waals surface area contributed by atoms with Crippen molar-refractivity contribution in [2.75, 3.05) is 11.9 Å². The number of aromatic nitrogens is 2. The molecular formula is C11H20N4O. The van der Waals surface area contributed by atoms with Gasteiger partial charge in [-0.2, -0.15) is 0 Å². The second-order valence-electron chi connectivity index (χ2n) is 3.91. The number of nitrogens with two attached hydrogens (primary N) is 1. The smallest absolute Gasteiger partial charge is 0.293 e. The highest BCUT2D eigenvalue weighted by molar-refractivity contribution is 5.30. The number of nitrogens with one attached hydrogen (secondary N) is 1. The number of nitrogens with zero attached hydrogens (tertiary/aromatic N) is 2. The van der Waals surface area contributed by atoms with E-state index in [0.717, 1.165) is 19.4 Å². The maximum atomic E-state index is 11.7. The highest BCUT2D eigenvalue weighted by atomic mass is 16.1. The summed E-state index contributed by atoms with van der Waals surface area (Å²) >= 11 is 0. The lowest BCUT2D eigenvalue weighted by Crippen LogP contribution is -2.24. The minimum absolute atomic E-state index is 0.0641. The van der Waals surface area contributed by atoms with Crippen molar-refractivity contribution in [2.45, 2.75) is 39.3 Å². The first kappa shape index (κ1) is 12.7. The molecule has 0 aromatic carbocycles. The van der Waals surface area contributed by atoms with Crippen LogP contribution in [0, 0.1) is 0 Å². The zero-order valence-corrected chi connectivity index (χ0v) is 9.94. The maximum absolute atomic E-state index is 11.7. The highest BCUT2D eigenvalue weighted by Gasteiger charge is 2.02. The molecule has 16 heavy (non-hydrogen) atoms. The summed E-state index contributed by atoms with van der Waals surface area (Å²) in [4.78, 5) is 15.8. The fourth-order valence-electron chi connectivity index (χ4n) is 1.45. The van der Waals surface area contributed by atoms with Crippen molar-refractivity contribution in [1.82, 2.24) is 9.55 Å². The highest BCUT2D eigenvalue weighted by Crippen LogP contribution is 1.96. The van der Waals surface area contributed by atoms with E-state index in [-0.39, 0.29) is 11.6 Å². The van der Waals surface area contributed by atoms with Gasteiger partial charge in [-0.05, 0) is 26.7 Å². The van der Waals surface area contributed by atoms with E-state index in [9.17, 15) is 4.79 Å². The Morgan fingerprint density at radius 2 is 2.38 bits per heavy atom. The van der Waals surface area contributed by atoms with E-state index in [1.807, 2.05) is 13.8 Å². The molecule has 1 heterocycles. The average Bonchev–Trinajstić information content (AvgIpc) is 2.26. The molecule has 1 aromatic heterocycles. The molecule has 1 rings (SSSR count). The standard InChI is InChI=1S/C11H20N4O/c1-3-15-8-7-14-10(11(15)16)13-6-4-5-9(2)12/h7-9H,3-6,12H2,1-2H3,(H,13,14). The van der Waals surface area contributed by atoms with E-state index in [2.05, 4.69) is 10.3 Å². The molecule has 1 atom stereocenters. The van der Waals surface area contributed by atoms with Gasteiger partial charge in [0, 0.05) is 31.5 Å². The Bertz CT molecular complexity index is 372. The van der Waals surface area contributed by atoms with Crippen LogP contribution in [0.2, 0.25) is 0 Å². The quantitative estimate of drug-likeness (QED) is 0.701. The van der Waals surface area contributed by atoms with Crippen molar-refractivity contribution in [1.29, 1.82) is 0 Å². The normalized spacial score (nSPS) is 12.4. The Morgan fingerprint density at radius 1 is 1.62 bits per heavy atom. The summed E-state index contributed by atoms with van der Waals surface area (Å²) in [5.74, 6) is 0.425. The molecule has 5 nitrogen and oxygen atoms in total. The van der Waals surface area contributed by atoms with Gasteiger partial charge < -0.3 is 15.6 Å². The molecule has 90 valence electrons. The summed E-state index contributed by atoms with van der Waals surface area (Å²) in [6.45, 7) is 5.31. The van der Waals surface area contributed by atoms with Gasteiger partial charge in [-0.3, -0.25) is 4.79 Å². The monoisotopic (exact) mass is 224 g/mol. The van der Waals surface area contributed by atoms with Crippen molar-refractivity contribution < 1.29 is 0 Å². The summed E-state index contributed by atoms with van der Waals surface area (Å²) in [5, 5.41) is 3.04. The summed E-state index contributed by atoms with van der Waals surface area (Å²) in [6, 6.07) is 0.206. The van der Waals surface area contributed by atoms with E-state index in [0.29, 0.717) is 12.4 Å². The lowest BCUT2D eigenvalue weighted by Gasteiger charge is -2.08. The molecule has 3 N–H and O–H groups in total. The van der Waals surface area contributed by atoms with Gasteiger partial charge in [0.25, 0.3) is 5.56 Å². The Balaban J connectivity index is 2.51. The molecule has 0 radical (unpaired) electrons. The van der Waals surface area contributed by atoms with Crippen LogP contribution in [-0.2, 0) is 6.54 Å².